The Hall–Kier alpha value is -0.900. The van der Waals surface area contributed by atoms with E-state index >= 15 is 0 Å². The standard InChI is InChI=1S/C14H22N2OS/c1-4-5-12-13(9-17)18-14(15-12)16-7-6-10(2)11(3)8-16/h9-11H,4-8H2,1-3H3. The second-order valence-corrected chi connectivity index (χ2v) is 6.37. The molecule has 1 saturated heterocycles. The van der Waals surface area contributed by atoms with Gasteiger partial charge in [0.15, 0.2) is 11.4 Å². The van der Waals surface area contributed by atoms with Crippen LogP contribution in [-0.2, 0) is 6.42 Å². The van der Waals surface area contributed by atoms with E-state index in [9.17, 15) is 4.79 Å². The van der Waals surface area contributed by atoms with Crippen LogP contribution in [0.2, 0.25) is 0 Å². The lowest BCUT2D eigenvalue weighted by atomic mass is 9.89. The van der Waals surface area contributed by atoms with E-state index in [-0.39, 0.29) is 0 Å². The third-order valence-electron chi connectivity index (χ3n) is 3.91. The van der Waals surface area contributed by atoms with Crippen molar-refractivity contribution in [1.29, 1.82) is 0 Å². The molecule has 0 radical (unpaired) electrons. The summed E-state index contributed by atoms with van der Waals surface area (Å²) in [6.07, 6.45) is 4.13. The second-order valence-electron chi connectivity index (χ2n) is 5.36. The van der Waals surface area contributed by atoms with Gasteiger partial charge in [0.1, 0.15) is 0 Å². The summed E-state index contributed by atoms with van der Waals surface area (Å²) in [5, 5.41) is 1.04. The second kappa shape index (κ2) is 5.83. The maximum absolute atomic E-state index is 11.1. The minimum atomic E-state index is 0.706. The molecular formula is C14H22N2OS. The molecule has 18 heavy (non-hydrogen) atoms. The van der Waals surface area contributed by atoms with Gasteiger partial charge >= 0.3 is 0 Å². The lowest BCUT2D eigenvalue weighted by Crippen LogP contribution is -2.38. The number of aryl methyl sites for hydroxylation is 1. The monoisotopic (exact) mass is 266 g/mol. The van der Waals surface area contributed by atoms with Crippen LogP contribution in [0.1, 0.15) is 49.0 Å². The molecule has 0 spiro atoms. The summed E-state index contributed by atoms with van der Waals surface area (Å²) in [5.74, 6) is 1.50. The number of hydrogen-bond acceptors (Lipinski definition) is 4. The highest BCUT2D eigenvalue weighted by atomic mass is 32.1. The van der Waals surface area contributed by atoms with Crippen LogP contribution in [0.4, 0.5) is 5.13 Å². The van der Waals surface area contributed by atoms with Crippen molar-refractivity contribution in [2.45, 2.75) is 40.0 Å². The Bertz CT molecular complexity index is 416. The first kappa shape index (κ1) is 13.5. The lowest BCUT2D eigenvalue weighted by molar-refractivity contribution is 0.112. The van der Waals surface area contributed by atoms with Crippen molar-refractivity contribution in [3.05, 3.63) is 10.6 Å². The van der Waals surface area contributed by atoms with Gasteiger partial charge < -0.3 is 4.90 Å². The zero-order valence-electron chi connectivity index (χ0n) is 11.5. The normalized spacial score (nSPS) is 24.3. The Balaban J connectivity index is 2.15. The van der Waals surface area contributed by atoms with Gasteiger partial charge in [0.2, 0.25) is 0 Å². The summed E-state index contributed by atoms with van der Waals surface area (Å²) in [5.41, 5.74) is 0.985. The highest BCUT2D eigenvalue weighted by Crippen LogP contribution is 2.31. The summed E-state index contributed by atoms with van der Waals surface area (Å²) >= 11 is 1.56. The Morgan fingerprint density at radius 2 is 2.22 bits per heavy atom. The van der Waals surface area contributed by atoms with Crippen LogP contribution in [0, 0.1) is 11.8 Å². The van der Waals surface area contributed by atoms with E-state index in [0.717, 1.165) is 53.8 Å². The average Bonchev–Trinajstić information content (AvgIpc) is 2.76. The summed E-state index contributed by atoms with van der Waals surface area (Å²) in [6.45, 7) is 8.89. The number of piperidine rings is 1. The number of thiazole rings is 1. The van der Waals surface area contributed by atoms with Crippen molar-refractivity contribution in [2.24, 2.45) is 11.8 Å². The largest absolute Gasteiger partial charge is 0.348 e. The molecule has 0 N–H and O–H groups in total. The van der Waals surface area contributed by atoms with E-state index < -0.39 is 0 Å². The predicted octanol–water partition coefficient (Wildman–Crippen LogP) is 3.39. The van der Waals surface area contributed by atoms with Gasteiger partial charge in [0, 0.05) is 13.1 Å². The van der Waals surface area contributed by atoms with Gasteiger partial charge in [-0.1, -0.05) is 38.5 Å². The molecule has 0 aliphatic carbocycles. The molecule has 1 aliphatic rings. The highest BCUT2D eigenvalue weighted by Gasteiger charge is 2.25. The first-order valence-corrected chi connectivity index (χ1v) is 7.67. The van der Waals surface area contributed by atoms with E-state index in [0.29, 0.717) is 5.92 Å². The van der Waals surface area contributed by atoms with Crippen molar-refractivity contribution in [3.8, 4) is 0 Å². The Morgan fingerprint density at radius 1 is 1.44 bits per heavy atom. The number of carbonyl (C=O) groups is 1. The van der Waals surface area contributed by atoms with E-state index in [4.69, 9.17) is 0 Å². The van der Waals surface area contributed by atoms with E-state index in [1.165, 1.54) is 6.42 Å². The number of anilines is 1. The first-order chi connectivity index (χ1) is 8.65. The fourth-order valence-electron chi connectivity index (χ4n) is 2.43. The van der Waals surface area contributed by atoms with E-state index in [1.54, 1.807) is 11.3 Å². The molecule has 3 nitrogen and oxygen atoms in total. The number of aromatic nitrogens is 1. The van der Waals surface area contributed by atoms with Gasteiger partial charge in [0.25, 0.3) is 0 Å². The maximum atomic E-state index is 11.1. The Morgan fingerprint density at radius 3 is 2.83 bits per heavy atom. The van der Waals surface area contributed by atoms with Crippen LogP contribution in [0.25, 0.3) is 0 Å². The zero-order valence-corrected chi connectivity index (χ0v) is 12.3. The third-order valence-corrected chi connectivity index (χ3v) is 5.00. The highest BCUT2D eigenvalue weighted by molar-refractivity contribution is 7.17. The van der Waals surface area contributed by atoms with Gasteiger partial charge in [-0.3, -0.25) is 4.79 Å². The topological polar surface area (TPSA) is 33.2 Å². The van der Waals surface area contributed by atoms with Crippen LogP contribution in [0.15, 0.2) is 0 Å². The molecule has 100 valence electrons. The molecule has 0 saturated carbocycles. The van der Waals surface area contributed by atoms with Crippen LogP contribution >= 0.6 is 11.3 Å². The molecule has 1 aromatic rings. The molecule has 0 bridgehead atoms. The predicted molar refractivity (Wildman–Crippen MR) is 76.7 cm³/mol. The quantitative estimate of drug-likeness (QED) is 0.783. The molecule has 2 unspecified atom stereocenters. The number of carbonyl (C=O) groups excluding carboxylic acids is 1. The molecule has 0 aromatic carbocycles. The third kappa shape index (κ3) is 2.74. The Labute approximate surface area is 113 Å². The lowest BCUT2D eigenvalue weighted by Gasteiger charge is -2.35. The molecule has 0 amide bonds. The van der Waals surface area contributed by atoms with Crippen LogP contribution in [0.3, 0.4) is 0 Å². The fraction of sp³-hybridized carbons (Fsp3) is 0.714. The summed E-state index contributed by atoms with van der Waals surface area (Å²) in [4.78, 5) is 18.9. The Kier molecular flexibility index (Phi) is 4.38. The van der Waals surface area contributed by atoms with Crippen molar-refractivity contribution in [1.82, 2.24) is 4.98 Å². The molecule has 2 heterocycles. The first-order valence-electron chi connectivity index (χ1n) is 6.85. The molecule has 1 fully saturated rings. The fourth-order valence-corrected chi connectivity index (χ4v) is 3.39. The maximum Gasteiger partial charge on any atom is 0.186 e. The van der Waals surface area contributed by atoms with Gasteiger partial charge in [0.05, 0.1) is 10.6 Å². The molecule has 1 aromatic heterocycles. The van der Waals surface area contributed by atoms with Gasteiger partial charge in [-0.15, -0.1) is 0 Å². The SMILES string of the molecule is CCCc1nc(N2CCC(C)C(C)C2)sc1C=O. The smallest absolute Gasteiger partial charge is 0.186 e. The minimum absolute atomic E-state index is 0.706. The molecule has 4 heteroatoms. The van der Waals surface area contributed by atoms with Crippen LogP contribution in [-0.4, -0.2) is 24.4 Å². The summed E-state index contributed by atoms with van der Waals surface area (Å²) in [7, 11) is 0. The molecule has 1 aliphatic heterocycles. The van der Waals surface area contributed by atoms with Crippen molar-refractivity contribution in [2.75, 3.05) is 18.0 Å². The van der Waals surface area contributed by atoms with E-state index in [1.807, 2.05) is 0 Å². The van der Waals surface area contributed by atoms with E-state index in [2.05, 4.69) is 30.7 Å². The zero-order chi connectivity index (χ0) is 13.1. The average molecular weight is 266 g/mol. The van der Waals surface area contributed by atoms with Crippen LogP contribution in [0.5, 0.6) is 0 Å². The summed E-state index contributed by atoms with van der Waals surface area (Å²) in [6, 6.07) is 0. The molecule has 2 atom stereocenters. The number of rotatable bonds is 4. The van der Waals surface area contributed by atoms with Crippen molar-refractivity contribution < 1.29 is 4.79 Å². The summed E-state index contributed by atoms with van der Waals surface area (Å²) < 4.78 is 0. The number of nitrogens with zero attached hydrogens (tertiary/aromatic N) is 2. The number of hydrogen-bond donors (Lipinski definition) is 0. The van der Waals surface area contributed by atoms with Gasteiger partial charge in [-0.25, -0.2) is 4.98 Å². The van der Waals surface area contributed by atoms with Crippen molar-refractivity contribution in [3.63, 3.8) is 0 Å². The molecular weight excluding hydrogens is 244 g/mol. The van der Waals surface area contributed by atoms with Gasteiger partial charge in [-0.2, -0.15) is 0 Å². The van der Waals surface area contributed by atoms with Gasteiger partial charge in [-0.05, 0) is 24.7 Å². The van der Waals surface area contributed by atoms with Crippen molar-refractivity contribution >= 4 is 22.8 Å². The minimum Gasteiger partial charge on any atom is -0.348 e. The molecule has 2 rings (SSSR count). The van der Waals surface area contributed by atoms with Crippen LogP contribution < -0.4 is 4.90 Å². The number of aldehydes is 1.